The van der Waals surface area contributed by atoms with Crippen LogP contribution in [0.5, 0.6) is 11.5 Å². The predicted molar refractivity (Wildman–Crippen MR) is 208 cm³/mol. The van der Waals surface area contributed by atoms with Gasteiger partial charge in [0.15, 0.2) is 0 Å². The summed E-state index contributed by atoms with van der Waals surface area (Å²) in [6.45, 7) is 7.97. The third kappa shape index (κ3) is 15.7. The lowest BCUT2D eigenvalue weighted by molar-refractivity contribution is -0.144. The molecule has 0 unspecified atom stereocenters. The van der Waals surface area contributed by atoms with Crippen molar-refractivity contribution in [2.24, 2.45) is 5.41 Å². The number of unbranched alkanes of at least 4 members (excludes halogenated alkanes) is 15. The molecule has 0 heterocycles. The van der Waals surface area contributed by atoms with E-state index in [-0.39, 0.29) is 29.0 Å². The molecule has 0 atom stereocenters. The van der Waals surface area contributed by atoms with Crippen molar-refractivity contribution in [2.45, 2.75) is 163 Å². The molecule has 0 saturated heterocycles. The van der Waals surface area contributed by atoms with Crippen molar-refractivity contribution in [3.8, 4) is 11.5 Å². The maximum absolute atomic E-state index is 13.6. The van der Waals surface area contributed by atoms with E-state index < -0.39 is 29.0 Å². The highest BCUT2D eigenvalue weighted by Crippen LogP contribution is 2.27. The van der Waals surface area contributed by atoms with Crippen LogP contribution in [0.25, 0.3) is 0 Å². The van der Waals surface area contributed by atoms with Crippen LogP contribution in [0.1, 0.15) is 182 Å². The van der Waals surface area contributed by atoms with E-state index in [0.29, 0.717) is 6.42 Å². The first kappa shape index (κ1) is 44.1. The SMILES string of the molecule is CCCCCCCCc1ccc(O)c(C(=O)NNC(=O)C(C)(CCCCCCCC)C(=O)NNC(=O)c2cc(CCCCCCCC)ccc2O)c1. The molecule has 0 radical (unpaired) electrons. The van der Waals surface area contributed by atoms with Gasteiger partial charge < -0.3 is 10.2 Å². The molecule has 10 heteroatoms. The summed E-state index contributed by atoms with van der Waals surface area (Å²) in [6.07, 6.45) is 21.0. The third-order valence-electron chi connectivity index (χ3n) is 9.86. The minimum atomic E-state index is -1.66. The quantitative estimate of drug-likeness (QED) is 0.0342. The first-order valence-electron chi connectivity index (χ1n) is 19.9. The molecule has 4 amide bonds. The molecule has 0 aliphatic heterocycles. The van der Waals surface area contributed by atoms with Crippen LogP contribution in [0.2, 0.25) is 0 Å². The first-order chi connectivity index (χ1) is 25.1. The van der Waals surface area contributed by atoms with Gasteiger partial charge in [-0.05, 0) is 74.4 Å². The molecule has 52 heavy (non-hydrogen) atoms. The molecule has 0 bridgehead atoms. The lowest BCUT2D eigenvalue weighted by Gasteiger charge is -2.27. The highest BCUT2D eigenvalue weighted by molar-refractivity contribution is 6.07. The van der Waals surface area contributed by atoms with E-state index in [9.17, 15) is 29.4 Å². The van der Waals surface area contributed by atoms with Crippen molar-refractivity contribution in [2.75, 3.05) is 0 Å². The third-order valence-corrected chi connectivity index (χ3v) is 9.86. The largest absolute Gasteiger partial charge is 0.507 e. The smallest absolute Gasteiger partial charge is 0.273 e. The average molecular weight is 723 g/mol. The van der Waals surface area contributed by atoms with Gasteiger partial charge in [0.2, 0.25) is 0 Å². The van der Waals surface area contributed by atoms with Crippen molar-refractivity contribution >= 4 is 23.6 Å². The zero-order valence-corrected chi connectivity index (χ0v) is 32.3. The number of carbonyl (C=O) groups is 4. The number of hydrazine groups is 2. The minimum Gasteiger partial charge on any atom is -0.507 e. The van der Waals surface area contributed by atoms with Crippen molar-refractivity contribution in [1.82, 2.24) is 21.7 Å². The number of amides is 4. The molecular formula is C42H66N4O6. The summed E-state index contributed by atoms with van der Waals surface area (Å²) in [5.74, 6) is -3.36. The summed E-state index contributed by atoms with van der Waals surface area (Å²) in [5.41, 5.74) is 9.73. The minimum absolute atomic E-state index is 0.0247. The average Bonchev–Trinajstić information content (AvgIpc) is 3.14. The molecule has 2 aromatic carbocycles. The summed E-state index contributed by atoms with van der Waals surface area (Å²) >= 11 is 0. The van der Waals surface area contributed by atoms with Gasteiger partial charge in [0.1, 0.15) is 16.9 Å². The van der Waals surface area contributed by atoms with Crippen LogP contribution < -0.4 is 21.7 Å². The van der Waals surface area contributed by atoms with E-state index >= 15 is 0 Å². The Morgan fingerprint density at radius 3 is 1.23 bits per heavy atom. The summed E-state index contributed by atoms with van der Waals surface area (Å²) in [5, 5.41) is 20.9. The number of aryl methyl sites for hydroxylation is 2. The Hall–Kier alpha value is -4.08. The summed E-state index contributed by atoms with van der Waals surface area (Å²) < 4.78 is 0. The number of nitrogens with one attached hydrogen (secondary N) is 4. The highest BCUT2D eigenvalue weighted by atomic mass is 16.3. The van der Waals surface area contributed by atoms with Crippen LogP contribution in [0.3, 0.4) is 0 Å². The summed E-state index contributed by atoms with van der Waals surface area (Å²) in [7, 11) is 0. The van der Waals surface area contributed by atoms with E-state index in [2.05, 4.69) is 42.5 Å². The Balaban J connectivity index is 2.07. The number of aromatic hydroxyl groups is 2. The summed E-state index contributed by atoms with van der Waals surface area (Å²) in [6, 6.07) is 9.78. The molecule has 0 aliphatic carbocycles. The second kappa shape index (κ2) is 25.0. The van der Waals surface area contributed by atoms with Gasteiger partial charge >= 0.3 is 0 Å². The fraction of sp³-hybridized carbons (Fsp3) is 0.619. The molecule has 0 spiro atoms. The van der Waals surface area contributed by atoms with E-state index in [1.54, 1.807) is 24.3 Å². The van der Waals surface area contributed by atoms with E-state index in [1.807, 2.05) is 0 Å². The molecule has 0 aromatic heterocycles. The van der Waals surface area contributed by atoms with Gasteiger partial charge in [0, 0.05) is 0 Å². The van der Waals surface area contributed by atoms with Gasteiger partial charge in [-0.3, -0.25) is 40.9 Å². The molecule has 6 N–H and O–H groups in total. The topological polar surface area (TPSA) is 157 Å². The van der Waals surface area contributed by atoms with Gasteiger partial charge in [-0.25, -0.2) is 0 Å². The van der Waals surface area contributed by atoms with E-state index in [4.69, 9.17) is 0 Å². The van der Waals surface area contributed by atoms with Gasteiger partial charge in [-0.2, -0.15) is 0 Å². The Labute approximate surface area is 312 Å². The fourth-order valence-electron chi connectivity index (χ4n) is 6.29. The maximum atomic E-state index is 13.6. The Kier molecular flexibility index (Phi) is 21.2. The molecule has 290 valence electrons. The van der Waals surface area contributed by atoms with Crippen LogP contribution >= 0.6 is 0 Å². The number of phenolic OH excluding ortho intramolecular Hbond substituents is 2. The van der Waals surface area contributed by atoms with Crippen LogP contribution in [0.15, 0.2) is 36.4 Å². The van der Waals surface area contributed by atoms with Gasteiger partial charge in [0.25, 0.3) is 23.6 Å². The number of benzene rings is 2. The highest BCUT2D eigenvalue weighted by Gasteiger charge is 2.41. The van der Waals surface area contributed by atoms with Crippen LogP contribution in [0, 0.1) is 5.41 Å². The van der Waals surface area contributed by atoms with Crippen molar-refractivity contribution in [1.29, 1.82) is 0 Å². The van der Waals surface area contributed by atoms with Gasteiger partial charge in [0.05, 0.1) is 11.1 Å². The van der Waals surface area contributed by atoms with E-state index in [1.165, 1.54) is 57.6 Å². The molecule has 10 nitrogen and oxygen atoms in total. The van der Waals surface area contributed by atoms with Crippen LogP contribution in [-0.2, 0) is 22.4 Å². The molecule has 2 aromatic rings. The van der Waals surface area contributed by atoms with Crippen LogP contribution in [0.4, 0.5) is 0 Å². The standard InChI is InChI=1S/C42H66N4O6/c1-5-8-11-14-17-20-23-32-25-27-36(47)34(30-32)38(49)43-45-40(51)42(4,29-22-19-16-13-10-7-3)41(52)46-44-39(50)35-31-33(26-28-37(35)48)24-21-18-15-12-9-6-2/h25-28,30-31,47-48H,5-24,29H2,1-4H3,(H,43,49)(H,44,50)(H,45,51)(H,46,52). The molecule has 2 rings (SSSR count). The van der Waals surface area contributed by atoms with Crippen LogP contribution in [-0.4, -0.2) is 33.8 Å². The number of rotatable bonds is 25. The Bertz CT molecular complexity index is 1300. The predicted octanol–water partition coefficient (Wildman–Crippen LogP) is 8.88. The second-order valence-electron chi connectivity index (χ2n) is 14.4. The fourth-order valence-corrected chi connectivity index (χ4v) is 6.29. The monoisotopic (exact) mass is 722 g/mol. The lowest BCUT2D eigenvalue weighted by Crippen LogP contribution is -2.57. The van der Waals surface area contributed by atoms with Crippen molar-refractivity contribution in [3.63, 3.8) is 0 Å². The molecule has 0 fully saturated rings. The van der Waals surface area contributed by atoms with Crippen molar-refractivity contribution in [3.05, 3.63) is 58.7 Å². The molecule has 0 saturated carbocycles. The Morgan fingerprint density at radius 1 is 0.500 bits per heavy atom. The number of phenols is 2. The van der Waals surface area contributed by atoms with Crippen molar-refractivity contribution < 1.29 is 29.4 Å². The van der Waals surface area contributed by atoms with Gasteiger partial charge in [-0.1, -0.05) is 136 Å². The first-order valence-corrected chi connectivity index (χ1v) is 19.9. The molecule has 0 aliphatic rings. The Morgan fingerprint density at radius 2 is 0.846 bits per heavy atom. The maximum Gasteiger partial charge on any atom is 0.273 e. The van der Waals surface area contributed by atoms with Gasteiger partial charge in [-0.15, -0.1) is 0 Å². The normalized spacial score (nSPS) is 11.2. The zero-order chi connectivity index (χ0) is 38.2. The summed E-state index contributed by atoms with van der Waals surface area (Å²) in [4.78, 5) is 53.4. The van der Waals surface area contributed by atoms with E-state index in [0.717, 1.165) is 94.6 Å². The molecular weight excluding hydrogens is 656 g/mol. The number of hydrogen-bond acceptors (Lipinski definition) is 6. The lowest BCUT2D eigenvalue weighted by atomic mass is 9.82. The second-order valence-corrected chi connectivity index (χ2v) is 14.4. The zero-order valence-electron chi connectivity index (χ0n) is 32.3. The number of carbonyl (C=O) groups excluding carboxylic acids is 4. The number of hydrogen-bond donors (Lipinski definition) is 6.